The summed E-state index contributed by atoms with van der Waals surface area (Å²) in [7, 11) is 0. The molecule has 176 valence electrons. The number of carbonyl (C=O) groups is 1. The van der Waals surface area contributed by atoms with Gasteiger partial charge in [-0.2, -0.15) is 5.26 Å². The van der Waals surface area contributed by atoms with Crippen LogP contribution in [0.15, 0.2) is 29.1 Å². The number of rotatable bonds is 10. The minimum atomic E-state index is -0.737. The van der Waals surface area contributed by atoms with Gasteiger partial charge >= 0.3 is 0 Å². The molecule has 0 bridgehead atoms. The lowest BCUT2D eigenvalue weighted by Crippen LogP contribution is -2.35. The van der Waals surface area contributed by atoms with Gasteiger partial charge in [0.2, 0.25) is 0 Å². The summed E-state index contributed by atoms with van der Waals surface area (Å²) in [6, 6.07) is 9.29. The molecule has 1 saturated heterocycles. The third-order valence-corrected chi connectivity index (χ3v) is 6.37. The van der Waals surface area contributed by atoms with E-state index >= 15 is 0 Å². The summed E-state index contributed by atoms with van der Waals surface area (Å²) in [5.41, 5.74) is 0.228. The average molecular weight is 474 g/mol. The highest BCUT2D eigenvalue weighted by Crippen LogP contribution is 2.17. The van der Waals surface area contributed by atoms with E-state index in [1.54, 1.807) is 13.1 Å². The summed E-state index contributed by atoms with van der Waals surface area (Å²) in [5, 5.41) is 14.9. The van der Waals surface area contributed by atoms with Gasteiger partial charge in [-0.25, -0.2) is 4.39 Å². The maximum absolute atomic E-state index is 12.8. The number of likely N-dealkylation sites (tertiary alicyclic amines) is 1. The fourth-order valence-corrected chi connectivity index (χ4v) is 4.65. The second-order valence-electron chi connectivity index (χ2n) is 7.47. The van der Waals surface area contributed by atoms with Gasteiger partial charge in [0.15, 0.2) is 5.57 Å². The first-order valence-corrected chi connectivity index (χ1v) is 11.8. The first kappa shape index (κ1) is 24.5. The van der Waals surface area contributed by atoms with Crippen LogP contribution in [0.4, 0.5) is 10.1 Å². The number of alkyl halides is 1. The predicted octanol–water partition coefficient (Wildman–Crippen LogP) is 1.01. The molecule has 0 unspecified atom stereocenters. The molecule has 1 aromatic carbocycles. The Hall–Kier alpha value is -3.16. The highest BCUT2D eigenvalue weighted by atomic mass is 32.1. The number of hydrogen-bond donors (Lipinski definition) is 2. The van der Waals surface area contributed by atoms with Gasteiger partial charge in [-0.1, -0.05) is 6.07 Å². The van der Waals surface area contributed by atoms with Crippen molar-refractivity contribution in [3.05, 3.63) is 43.8 Å². The summed E-state index contributed by atoms with van der Waals surface area (Å²) in [6.07, 6.45) is 4.05. The minimum Gasteiger partial charge on any atom is -0.492 e. The van der Waals surface area contributed by atoms with E-state index in [0.717, 1.165) is 42.4 Å². The molecule has 33 heavy (non-hydrogen) atoms. The molecule has 1 aliphatic rings. The van der Waals surface area contributed by atoms with Gasteiger partial charge < -0.3 is 15.4 Å². The number of aromatic nitrogens is 1. The van der Waals surface area contributed by atoms with Gasteiger partial charge in [-0.05, 0) is 45.0 Å². The number of nitriles is 1. The topological polar surface area (TPSA) is 99.4 Å². The van der Waals surface area contributed by atoms with Gasteiger partial charge in [0.1, 0.15) is 34.3 Å². The molecule has 0 spiro atoms. The molecule has 10 heteroatoms. The SMILES string of the molecule is CCn1c(=O)/c(=C\Nc2cccc(OCCN3CCCC3)c2)s/c1=C(/C#N)C(=O)NCCF. The molecular weight excluding hydrogens is 445 g/mol. The summed E-state index contributed by atoms with van der Waals surface area (Å²) in [6.45, 7) is 4.88. The third-order valence-electron chi connectivity index (χ3n) is 5.24. The number of nitrogens with one attached hydrogen (secondary N) is 2. The lowest BCUT2D eigenvalue weighted by molar-refractivity contribution is -0.115. The Labute approximate surface area is 195 Å². The molecule has 0 atom stereocenters. The Kier molecular flexibility index (Phi) is 9.04. The van der Waals surface area contributed by atoms with Crippen LogP contribution in [0.3, 0.4) is 0 Å². The third kappa shape index (κ3) is 6.43. The number of halogens is 1. The van der Waals surface area contributed by atoms with E-state index in [1.165, 1.54) is 17.4 Å². The lowest BCUT2D eigenvalue weighted by atomic mass is 10.3. The smallest absolute Gasteiger partial charge is 0.270 e. The van der Waals surface area contributed by atoms with E-state index < -0.39 is 12.6 Å². The Morgan fingerprint density at radius 2 is 2.15 bits per heavy atom. The van der Waals surface area contributed by atoms with Crippen LogP contribution < -0.4 is 30.1 Å². The van der Waals surface area contributed by atoms with Crippen molar-refractivity contribution in [2.24, 2.45) is 0 Å². The van der Waals surface area contributed by atoms with Crippen LogP contribution in [-0.4, -0.2) is 54.8 Å². The molecule has 1 amide bonds. The van der Waals surface area contributed by atoms with E-state index in [9.17, 15) is 19.2 Å². The van der Waals surface area contributed by atoms with Gasteiger partial charge in [-0.15, -0.1) is 11.3 Å². The molecule has 0 saturated carbocycles. The standard InChI is InChI=1S/C23H28FN5O3S/c1-2-29-22(31)20(33-23(29)19(15-25)21(30)26-9-8-24)16-27-17-6-5-7-18(14-17)32-13-12-28-10-3-4-11-28/h5-7,14,16,27H,2-4,8-13H2,1H3,(H,26,30)/b20-16+,23-19-. The normalized spacial score (nSPS) is 15.2. The maximum Gasteiger partial charge on any atom is 0.270 e. The van der Waals surface area contributed by atoms with Crippen molar-refractivity contribution in [3.63, 3.8) is 0 Å². The van der Waals surface area contributed by atoms with E-state index in [-0.39, 0.29) is 22.3 Å². The lowest BCUT2D eigenvalue weighted by Gasteiger charge is -2.15. The highest BCUT2D eigenvalue weighted by molar-refractivity contribution is 7.07. The molecule has 2 heterocycles. The molecule has 0 radical (unpaired) electrons. The van der Waals surface area contributed by atoms with E-state index in [1.807, 2.05) is 30.3 Å². The minimum absolute atomic E-state index is 0.192. The number of hydrogen-bond acceptors (Lipinski definition) is 7. The molecular formula is C23H28FN5O3S. The van der Waals surface area contributed by atoms with E-state index in [2.05, 4.69) is 15.5 Å². The molecule has 8 nitrogen and oxygen atoms in total. The van der Waals surface area contributed by atoms with Crippen molar-refractivity contribution in [1.82, 2.24) is 14.8 Å². The van der Waals surface area contributed by atoms with Crippen LogP contribution in [0.2, 0.25) is 0 Å². The van der Waals surface area contributed by atoms with Gasteiger partial charge in [-0.3, -0.25) is 19.1 Å². The maximum atomic E-state index is 12.8. The fourth-order valence-electron chi connectivity index (χ4n) is 3.56. The number of anilines is 1. The number of benzene rings is 1. The van der Waals surface area contributed by atoms with E-state index in [0.29, 0.717) is 17.7 Å². The highest BCUT2D eigenvalue weighted by Gasteiger charge is 2.15. The Morgan fingerprint density at radius 3 is 2.85 bits per heavy atom. The first-order valence-electron chi connectivity index (χ1n) is 11.0. The average Bonchev–Trinajstić information content (AvgIpc) is 3.45. The summed E-state index contributed by atoms with van der Waals surface area (Å²) in [5.74, 6) is 0.0342. The summed E-state index contributed by atoms with van der Waals surface area (Å²) in [4.78, 5) is 27.4. The zero-order valence-electron chi connectivity index (χ0n) is 18.6. The van der Waals surface area contributed by atoms with Crippen LogP contribution in [0.25, 0.3) is 11.8 Å². The van der Waals surface area contributed by atoms with Crippen molar-refractivity contribution in [2.45, 2.75) is 26.3 Å². The van der Waals surface area contributed by atoms with Crippen LogP contribution in [0.1, 0.15) is 19.8 Å². The molecule has 1 fully saturated rings. The van der Waals surface area contributed by atoms with Crippen molar-refractivity contribution in [3.8, 4) is 11.8 Å². The molecule has 1 aliphatic heterocycles. The zero-order valence-corrected chi connectivity index (χ0v) is 19.4. The van der Waals surface area contributed by atoms with Gasteiger partial charge in [0, 0.05) is 37.6 Å². The number of thiazole rings is 1. The van der Waals surface area contributed by atoms with Crippen LogP contribution in [0, 0.1) is 11.3 Å². The quantitative estimate of drug-likeness (QED) is 0.535. The molecule has 2 N–H and O–H groups in total. The number of carbonyl (C=O) groups excluding carboxylic acids is 1. The first-order chi connectivity index (χ1) is 16.1. The number of ether oxygens (including phenoxy) is 1. The van der Waals surface area contributed by atoms with Crippen LogP contribution >= 0.6 is 11.3 Å². The monoisotopic (exact) mass is 473 g/mol. The number of nitrogens with zero attached hydrogens (tertiary/aromatic N) is 3. The Balaban J connectivity index is 1.78. The van der Waals surface area contributed by atoms with Gasteiger partial charge in [0.25, 0.3) is 11.5 Å². The van der Waals surface area contributed by atoms with Gasteiger partial charge in [0.05, 0.1) is 0 Å². The molecule has 1 aromatic heterocycles. The predicted molar refractivity (Wildman–Crippen MR) is 127 cm³/mol. The van der Waals surface area contributed by atoms with E-state index in [4.69, 9.17) is 4.74 Å². The fraction of sp³-hybridized carbons (Fsp3) is 0.435. The second-order valence-corrected chi connectivity index (χ2v) is 8.50. The molecule has 3 rings (SSSR count). The summed E-state index contributed by atoms with van der Waals surface area (Å²) < 4.78 is 20.2. The van der Waals surface area contributed by atoms with Crippen molar-refractivity contribution in [1.29, 1.82) is 5.26 Å². The van der Waals surface area contributed by atoms with Crippen molar-refractivity contribution in [2.75, 3.05) is 44.8 Å². The van der Waals surface area contributed by atoms with Crippen LogP contribution in [-0.2, 0) is 11.3 Å². The van der Waals surface area contributed by atoms with Crippen molar-refractivity contribution >= 4 is 34.7 Å². The Bertz CT molecular complexity index is 1180. The molecule has 0 aliphatic carbocycles. The summed E-state index contributed by atoms with van der Waals surface area (Å²) >= 11 is 1.04. The zero-order chi connectivity index (χ0) is 23.6. The largest absolute Gasteiger partial charge is 0.492 e. The number of amides is 1. The molecule has 2 aromatic rings. The Morgan fingerprint density at radius 1 is 1.36 bits per heavy atom. The van der Waals surface area contributed by atoms with Crippen LogP contribution in [0.5, 0.6) is 5.75 Å². The second kappa shape index (κ2) is 12.2. The van der Waals surface area contributed by atoms with Crippen molar-refractivity contribution < 1.29 is 13.9 Å².